The molecule has 0 radical (unpaired) electrons. The molecular weight excluding hydrogens is 290 g/mol. The molecule has 5 heteroatoms. The lowest BCUT2D eigenvalue weighted by atomic mass is 10.1. The molecule has 0 saturated heterocycles. The molecule has 0 saturated carbocycles. The molecule has 23 heavy (non-hydrogen) atoms. The van der Waals surface area contributed by atoms with Crippen LogP contribution in [-0.2, 0) is 6.42 Å². The van der Waals surface area contributed by atoms with Crippen LogP contribution in [0, 0.1) is 0 Å². The molecule has 3 aromatic rings. The van der Waals surface area contributed by atoms with E-state index in [1.807, 2.05) is 54.6 Å². The predicted molar refractivity (Wildman–Crippen MR) is 88.8 cm³/mol. The number of hydrogen-bond acceptors (Lipinski definition) is 4. The summed E-state index contributed by atoms with van der Waals surface area (Å²) in [6.45, 7) is 0.524. The molecule has 3 rings (SSSR count). The van der Waals surface area contributed by atoms with Crippen LogP contribution in [0.25, 0.3) is 11.3 Å². The van der Waals surface area contributed by atoms with Crippen molar-refractivity contribution in [1.82, 2.24) is 10.5 Å². The zero-order valence-corrected chi connectivity index (χ0v) is 12.5. The maximum Gasteiger partial charge on any atom is 0.273 e. The van der Waals surface area contributed by atoms with Crippen molar-refractivity contribution in [3.05, 3.63) is 71.9 Å². The van der Waals surface area contributed by atoms with Gasteiger partial charge in [-0.05, 0) is 24.1 Å². The molecule has 0 spiro atoms. The summed E-state index contributed by atoms with van der Waals surface area (Å²) in [4.78, 5) is 12.1. The molecule has 0 aliphatic carbocycles. The number of rotatable bonds is 5. The van der Waals surface area contributed by atoms with E-state index >= 15 is 0 Å². The lowest BCUT2D eigenvalue weighted by Gasteiger charge is -2.03. The van der Waals surface area contributed by atoms with Gasteiger partial charge in [0.1, 0.15) is 0 Å². The van der Waals surface area contributed by atoms with E-state index in [-0.39, 0.29) is 11.6 Å². The zero-order valence-electron chi connectivity index (χ0n) is 12.5. The Morgan fingerprint density at radius 3 is 2.57 bits per heavy atom. The quantitative estimate of drug-likeness (QED) is 0.710. The molecule has 0 aliphatic rings. The smallest absolute Gasteiger partial charge is 0.273 e. The van der Waals surface area contributed by atoms with Crippen molar-refractivity contribution in [2.24, 2.45) is 0 Å². The Labute approximate surface area is 134 Å². The highest BCUT2D eigenvalue weighted by atomic mass is 16.5. The highest BCUT2D eigenvalue weighted by molar-refractivity contribution is 5.93. The fourth-order valence-electron chi connectivity index (χ4n) is 2.22. The number of benzene rings is 2. The number of amides is 1. The summed E-state index contributed by atoms with van der Waals surface area (Å²) in [5, 5.41) is 6.66. The van der Waals surface area contributed by atoms with Crippen LogP contribution in [0.5, 0.6) is 0 Å². The van der Waals surface area contributed by atoms with E-state index in [1.54, 1.807) is 6.07 Å². The molecular formula is C18H17N3O2. The molecule has 0 bridgehead atoms. The predicted octanol–water partition coefficient (Wildman–Crippen LogP) is 2.90. The average Bonchev–Trinajstić information content (AvgIpc) is 3.07. The van der Waals surface area contributed by atoms with Crippen molar-refractivity contribution >= 4 is 11.6 Å². The number of nitrogens with two attached hydrogens (primary N) is 1. The third kappa shape index (κ3) is 3.77. The largest absolute Gasteiger partial charge is 0.399 e. The molecule has 5 nitrogen and oxygen atoms in total. The molecule has 116 valence electrons. The SMILES string of the molecule is Nc1ccc(CCNC(=O)c2cc(-c3ccccc3)on2)cc1. The van der Waals surface area contributed by atoms with Crippen LogP contribution in [-0.4, -0.2) is 17.6 Å². The highest BCUT2D eigenvalue weighted by Crippen LogP contribution is 2.19. The number of anilines is 1. The van der Waals surface area contributed by atoms with Gasteiger partial charge in [-0.3, -0.25) is 4.79 Å². The molecule has 0 aliphatic heterocycles. The minimum Gasteiger partial charge on any atom is -0.399 e. The van der Waals surface area contributed by atoms with E-state index < -0.39 is 0 Å². The molecule has 0 fully saturated rings. The summed E-state index contributed by atoms with van der Waals surface area (Å²) in [5.74, 6) is 0.334. The van der Waals surface area contributed by atoms with Crippen LogP contribution >= 0.6 is 0 Å². The van der Waals surface area contributed by atoms with Gasteiger partial charge >= 0.3 is 0 Å². The second-order valence-electron chi connectivity index (χ2n) is 5.19. The first kappa shape index (κ1) is 14.8. The van der Waals surface area contributed by atoms with Gasteiger partial charge in [0.15, 0.2) is 11.5 Å². The number of aromatic nitrogens is 1. The van der Waals surface area contributed by atoms with Crippen molar-refractivity contribution in [2.45, 2.75) is 6.42 Å². The Morgan fingerprint density at radius 1 is 1.09 bits per heavy atom. The molecule has 1 aromatic heterocycles. The maximum atomic E-state index is 12.1. The Balaban J connectivity index is 1.56. The van der Waals surface area contributed by atoms with Gasteiger partial charge in [-0.1, -0.05) is 47.6 Å². The third-order valence-electron chi connectivity index (χ3n) is 3.48. The Bertz CT molecular complexity index is 780. The van der Waals surface area contributed by atoms with E-state index in [1.165, 1.54) is 0 Å². The van der Waals surface area contributed by atoms with E-state index in [2.05, 4.69) is 10.5 Å². The summed E-state index contributed by atoms with van der Waals surface area (Å²) in [6.07, 6.45) is 0.732. The highest BCUT2D eigenvalue weighted by Gasteiger charge is 2.13. The van der Waals surface area contributed by atoms with Crippen LogP contribution in [0.4, 0.5) is 5.69 Å². The van der Waals surface area contributed by atoms with Crippen molar-refractivity contribution in [3.8, 4) is 11.3 Å². The van der Waals surface area contributed by atoms with Crippen LogP contribution in [0.2, 0.25) is 0 Å². The Hall–Kier alpha value is -3.08. The number of nitrogen functional groups attached to an aromatic ring is 1. The number of carbonyl (C=O) groups is 1. The number of nitrogens with zero attached hydrogens (tertiary/aromatic N) is 1. The van der Waals surface area contributed by atoms with Gasteiger partial charge in [0, 0.05) is 23.9 Å². The Kier molecular flexibility index (Phi) is 4.38. The summed E-state index contributed by atoms with van der Waals surface area (Å²) in [5.41, 5.74) is 8.66. The number of carbonyl (C=O) groups excluding carboxylic acids is 1. The minimum absolute atomic E-state index is 0.244. The van der Waals surface area contributed by atoms with Crippen LogP contribution in [0.1, 0.15) is 16.1 Å². The van der Waals surface area contributed by atoms with E-state index in [4.69, 9.17) is 10.3 Å². The molecule has 0 atom stereocenters. The van der Waals surface area contributed by atoms with Gasteiger partial charge in [-0.15, -0.1) is 0 Å². The van der Waals surface area contributed by atoms with Crippen molar-refractivity contribution in [3.63, 3.8) is 0 Å². The van der Waals surface area contributed by atoms with Gasteiger partial charge in [0.2, 0.25) is 0 Å². The minimum atomic E-state index is -0.244. The normalized spacial score (nSPS) is 10.4. The lowest BCUT2D eigenvalue weighted by Crippen LogP contribution is -2.25. The third-order valence-corrected chi connectivity index (χ3v) is 3.48. The van der Waals surface area contributed by atoms with Crippen molar-refractivity contribution in [2.75, 3.05) is 12.3 Å². The first-order chi connectivity index (χ1) is 11.2. The molecule has 3 N–H and O–H groups in total. The van der Waals surface area contributed by atoms with Gasteiger partial charge in [0.25, 0.3) is 5.91 Å². The van der Waals surface area contributed by atoms with Crippen LogP contribution in [0.15, 0.2) is 65.2 Å². The molecule has 2 aromatic carbocycles. The van der Waals surface area contributed by atoms with Crippen molar-refractivity contribution in [1.29, 1.82) is 0 Å². The topological polar surface area (TPSA) is 81.1 Å². The summed E-state index contributed by atoms with van der Waals surface area (Å²) < 4.78 is 5.22. The van der Waals surface area contributed by atoms with E-state index in [0.29, 0.717) is 12.3 Å². The molecule has 1 amide bonds. The number of hydrogen-bond donors (Lipinski definition) is 2. The lowest BCUT2D eigenvalue weighted by molar-refractivity contribution is 0.0945. The van der Waals surface area contributed by atoms with Gasteiger partial charge in [0.05, 0.1) is 0 Å². The Morgan fingerprint density at radius 2 is 1.83 bits per heavy atom. The second kappa shape index (κ2) is 6.79. The first-order valence-electron chi connectivity index (χ1n) is 7.37. The standard InChI is InChI=1S/C18H17N3O2/c19-15-8-6-13(7-9-15)10-11-20-18(22)16-12-17(23-21-16)14-4-2-1-3-5-14/h1-9,12H,10-11,19H2,(H,20,22). The van der Waals surface area contributed by atoms with Gasteiger partial charge in [-0.2, -0.15) is 0 Å². The summed E-state index contributed by atoms with van der Waals surface area (Å²) in [6, 6.07) is 18.8. The maximum absolute atomic E-state index is 12.1. The zero-order chi connectivity index (χ0) is 16.1. The van der Waals surface area contributed by atoms with E-state index in [9.17, 15) is 4.79 Å². The monoisotopic (exact) mass is 307 g/mol. The average molecular weight is 307 g/mol. The first-order valence-corrected chi connectivity index (χ1v) is 7.37. The summed E-state index contributed by atoms with van der Waals surface area (Å²) >= 11 is 0. The van der Waals surface area contributed by atoms with Crippen LogP contribution in [0.3, 0.4) is 0 Å². The van der Waals surface area contributed by atoms with Crippen molar-refractivity contribution < 1.29 is 9.32 Å². The van der Waals surface area contributed by atoms with E-state index in [0.717, 1.165) is 23.2 Å². The fourth-order valence-corrected chi connectivity index (χ4v) is 2.22. The second-order valence-corrected chi connectivity index (χ2v) is 5.19. The number of nitrogens with one attached hydrogen (secondary N) is 1. The molecule has 1 heterocycles. The summed E-state index contributed by atoms with van der Waals surface area (Å²) in [7, 11) is 0. The molecule has 0 unspecified atom stereocenters. The van der Waals surface area contributed by atoms with Gasteiger partial charge < -0.3 is 15.6 Å². The fraction of sp³-hybridized carbons (Fsp3) is 0.111. The van der Waals surface area contributed by atoms with Crippen LogP contribution < -0.4 is 11.1 Å². The van der Waals surface area contributed by atoms with Gasteiger partial charge in [-0.25, -0.2) is 0 Å².